The maximum atomic E-state index is 13.5. The van der Waals surface area contributed by atoms with Crippen molar-refractivity contribution >= 4 is 5.91 Å². The number of rotatable bonds is 4. The highest BCUT2D eigenvalue weighted by Gasteiger charge is 2.55. The molecule has 4 aliphatic carbocycles. The van der Waals surface area contributed by atoms with Crippen LogP contribution in [0.1, 0.15) is 64.1 Å². The average molecular weight is 356 g/mol. The van der Waals surface area contributed by atoms with Crippen molar-refractivity contribution in [1.29, 1.82) is 0 Å². The number of carbonyl (C=O) groups excluding carboxylic acids is 1. The van der Waals surface area contributed by atoms with Crippen LogP contribution >= 0.6 is 0 Å². The molecule has 1 saturated heterocycles. The van der Waals surface area contributed by atoms with Gasteiger partial charge in [0.1, 0.15) is 5.82 Å². The van der Waals surface area contributed by atoms with Gasteiger partial charge in [-0.25, -0.2) is 4.98 Å². The largest absolute Gasteiger partial charge is 0.342 e. The number of piperidine rings is 1. The Morgan fingerprint density at radius 2 is 1.73 bits per heavy atom. The molecule has 5 fully saturated rings. The van der Waals surface area contributed by atoms with Crippen molar-refractivity contribution in [2.24, 2.45) is 29.1 Å². The van der Waals surface area contributed by atoms with Crippen LogP contribution in [-0.4, -0.2) is 33.4 Å². The van der Waals surface area contributed by atoms with E-state index in [2.05, 4.69) is 27.6 Å². The molecule has 26 heavy (non-hydrogen) atoms. The summed E-state index contributed by atoms with van der Waals surface area (Å²) < 4.78 is 2.32. The SMILES string of the molecule is CCc1nccn1CC1CCN(C(=O)C23CC4CC(CC(C4)C2)C3)CC1. The minimum atomic E-state index is 0.0430. The van der Waals surface area contributed by atoms with Gasteiger partial charge in [0.2, 0.25) is 5.91 Å². The first-order valence-electron chi connectivity index (χ1n) is 10.9. The third-order valence-corrected chi connectivity index (χ3v) is 7.97. The molecule has 1 aromatic rings. The van der Waals surface area contributed by atoms with Crippen molar-refractivity contribution in [2.45, 2.75) is 71.3 Å². The molecule has 0 N–H and O–H groups in total. The molecule has 0 aromatic carbocycles. The monoisotopic (exact) mass is 355 g/mol. The van der Waals surface area contributed by atoms with E-state index >= 15 is 0 Å². The molecule has 4 saturated carbocycles. The highest BCUT2D eigenvalue weighted by Crippen LogP contribution is 2.60. The van der Waals surface area contributed by atoms with Gasteiger partial charge in [-0.1, -0.05) is 6.92 Å². The van der Waals surface area contributed by atoms with Gasteiger partial charge in [0, 0.05) is 38.4 Å². The van der Waals surface area contributed by atoms with Crippen LogP contribution in [-0.2, 0) is 17.8 Å². The molecule has 0 atom stereocenters. The number of nitrogens with zero attached hydrogens (tertiary/aromatic N) is 3. The lowest BCUT2D eigenvalue weighted by Gasteiger charge is -2.57. The van der Waals surface area contributed by atoms with Crippen LogP contribution in [0.3, 0.4) is 0 Å². The Hall–Kier alpha value is -1.32. The molecule has 1 aliphatic heterocycles. The summed E-state index contributed by atoms with van der Waals surface area (Å²) in [6, 6.07) is 0. The molecule has 4 heteroatoms. The van der Waals surface area contributed by atoms with Crippen molar-refractivity contribution in [1.82, 2.24) is 14.5 Å². The van der Waals surface area contributed by atoms with Crippen LogP contribution in [0, 0.1) is 29.1 Å². The molecule has 6 rings (SSSR count). The maximum absolute atomic E-state index is 13.5. The fourth-order valence-corrected chi connectivity index (χ4v) is 7.13. The summed E-state index contributed by atoms with van der Waals surface area (Å²) >= 11 is 0. The Balaban J connectivity index is 1.21. The van der Waals surface area contributed by atoms with Gasteiger partial charge in [-0.15, -0.1) is 0 Å². The minimum absolute atomic E-state index is 0.0430. The number of carbonyl (C=O) groups is 1. The molecular formula is C22H33N3O. The van der Waals surface area contributed by atoms with Crippen molar-refractivity contribution in [2.75, 3.05) is 13.1 Å². The first kappa shape index (κ1) is 16.8. The Kier molecular flexibility index (Phi) is 4.13. The smallest absolute Gasteiger partial charge is 0.228 e. The predicted molar refractivity (Wildman–Crippen MR) is 102 cm³/mol. The van der Waals surface area contributed by atoms with Crippen LogP contribution in [0.4, 0.5) is 0 Å². The van der Waals surface area contributed by atoms with E-state index in [9.17, 15) is 4.79 Å². The number of amides is 1. The van der Waals surface area contributed by atoms with Gasteiger partial charge in [0.25, 0.3) is 0 Å². The van der Waals surface area contributed by atoms with E-state index in [4.69, 9.17) is 0 Å². The zero-order valence-electron chi connectivity index (χ0n) is 16.2. The number of hydrogen-bond donors (Lipinski definition) is 0. The quantitative estimate of drug-likeness (QED) is 0.821. The maximum Gasteiger partial charge on any atom is 0.228 e. The molecule has 2 heterocycles. The van der Waals surface area contributed by atoms with Crippen molar-refractivity contribution in [3.05, 3.63) is 18.2 Å². The zero-order valence-corrected chi connectivity index (χ0v) is 16.2. The van der Waals surface area contributed by atoms with Gasteiger partial charge in [-0.3, -0.25) is 4.79 Å². The summed E-state index contributed by atoms with van der Waals surface area (Å²) in [5.41, 5.74) is 0.0430. The molecule has 4 nitrogen and oxygen atoms in total. The summed E-state index contributed by atoms with van der Waals surface area (Å²) in [5, 5.41) is 0. The van der Waals surface area contributed by atoms with Crippen molar-refractivity contribution in [3.63, 3.8) is 0 Å². The van der Waals surface area contributed by atoms with Gasteiger partial charge in [0.15, 0.2) is 0 Å². The Morgan fingerprint density at radius 3 is 2.31 bits per heavy atom. The van der Waals surface area contributed by atoms with Gasteiger partial charge < -0.3 is 9.47 Å². The van der Waals surface area contributed by atoms with E-state index < -0.39 is 0 Å². The molecule has 0 spiro atoms. The topological polar surface area (TPSA) is 38.1 Å². The number of aromatic nitrogens is 2. The summed E-state index contributed by atoms with van der Waals surface area (Å²) in [6.45, 7) is 5.19. The van der Waals surface area contributed by atoms with Crippen LogP contribution in [0.2, 0.25) is 0 Å². The van der Waals surface area contributed by atoms with E-state index in [0.717, 1.165) is 56.7 Å². The zero-order chi connectivity index (χ0) is 17.7. The van der Waals surface area contributed by atoms with Gasteiger partial charge in [-0.05, 0) is 75.0 Å². The van der Waals surface area contributed by atoms with E-state index in [-0.39, 0.29) is 5.41 Å². The average Bonchev–Trinajstić information content (AvgIpc) is 3.08. The van der Waals surface area contributed by atoms with E-state index in [1.165, 1.54) is 44.3 Å². The van der Waals surface area contributed by atoms with Crippen molar-refractivity contribution in [3.8, 4) is 0 Å². The molecule has 0 radical (unpaired) electrons. The Labute approximate surface area is 157 Å². The standard InChI is InChI=1S/C22H33N3O/c1-2-20-23-5-8-25(20)15-16-3-6-24(7-4-16)21(26)22-12-17-9-18(13-22)11-19(10-17)14-22/h5,8,16-19H,2-4,6-7,9-15H2,1H3. The summed E-state index contributed by atoms with van der Waals surface area (Å²) in [7, 11) is 0. The first-order chi connectivity index (χ1) is 12.6. The van der Waals surface area contributed by atoms with Gasteiger partial charge >= 0.3 is 0 Å². The van der Waals surface area contributed by atoms with Crippen LogP contribution in [0.5, 0.6) is 0 Å². The molecule has 1 amide bonds. The lowest BCUT2D eigenvalue weighted by molar-refractivity contribution is -0.159. The highest BCUT2D eigenvalue weighted by atomic mass is 16.2. The summed E-state index contributed by atoms with van der Waals surface area (Å²) in [6.07, 6.45) is 15.2. The highest BCUT2D eigenvalue weighted by molar-refractivity contribution is 5.83. The van der Waals surface area contributed by atoms with E-state index in [1.54, 1.807) is 0 Å². The molecule has 1 aromatic heterocycles. The Morgan fingerprint density at radius 1 is 1.12 bits per heavy atom. The second-order valence-corrected chi connectivity index (χ2v) is 9.78. The van der Waals surface area contributed by atoms with E-state index in [0.29, 0.717) is 11.8 Å². The molecular weight excluding hydrogens is 322 g/mol. The predicted octanol–water partition coefficient (Wildman–Crippen LogP) is 3.90. The van der Waals surface area contributed by atoms with Crippen molar-refractivity contribution < 1.29 is 4.79 Å². The lowest BCUT2D eigenvalue weighted by atomic mass is 9.49. The normalized spacial score (nSPS) is 36.7. The lowest BCUT2D eigenvalue weighted by Crippen LogP contribution is -2.55. The minimum Gasteiger partial charge on any atom is -0.342 e. The van der Waals surface area contributed by atoms with Crippen LogP contribution in [0.15, 0.2) is 12.4 Å². The molecule has 142 valence electrons. The first-order valence-corrected chi connectivity index (χ1v) is 10.9. The summed E-state index contributed by atoms with van der Waals surface area (Å²) in [5.74, 6) is 4.99. The Bertz CT molecular complexity index is 635. The molecule has 4 bridgehead atoms. The van der Waals surface area contributed by atoms with Crippen LogP contribution in [0.25, 0.3) is 0 Å². The third-order valence-electron chi connectivity index (χ3n) is 7.97. The fourth-order valence-electron chi connectivity index (χ4n) is 7.13. The number of imidazole rings is 1. The number of likely N-dealkylation sites (tertiary alicyclic amines) is 1. The van der Waals surface area contributed by atoms with Gasteiger partial charge in [-0.2, -0.15) is 0 Å². The second kappa shape index (κ2) is 6.38. The number of aryl methyl sites for hydroxylation is 1. The van der Waals surface area contributed by atoms with E-state index in [1.807, 2.05) is 6.20 Å². The number of hydrogen-bond acceptors (Lipinski definition) is 2. The summed E-state index contributed by atoms with van der Waals surface area (Å²) in [4.78, 5) is 20.2. The second-order valence-electron chi connectivity index (χ2n) is 9.78. The molecule has 0 unspecified atom stereocenters. The van der Waals surface area contributed by atoms with Gasteiger partial charge in [0.05, 0.1) is 5.41 Å². The molecule has 5 aliphatic rings. The third kappa shape index (κ3) is 2.80. The fraction of sp³-hybridized carbons (Fsp3) is 0.818. The van der Waals surface area contributed by atoms with Crippen LogP contribution < -0.4 is 0 Å².